The van der Waals surface area contributed by atoms with E-state index in [2.05, 4.69) is 10.3 Å². The van der Waals surface area contributed by atoms with Crippen molar-refractivity contribution >= 4 is 11.9 Å². The van der Waals surface area contributed by atoms with Gasteiger partial charge in [-0.3, -0.25) is 9.78 Å². The van der Waals surface area contributed by atoms with Crippen molar-refractivity contribution in [3.8, 4) is 0 Å². The second kappa shape index (κ2) is 5.82. The van der Waals surface area contributed by atoms with Gasteiger partial charge in [-0.1, -0.05) is 6.07 Å². The number of carbonyl (C=O) groups excluding carboxylic acids is 1. The number of aliphatic hydroxyl groups excluding tert-OH is 1. The minimum atomic E-state index is -1.27. The van der Waals surface area contributed by atoms with Gasteiger partial charge in [-0.25, -0.2) is 4.79 Å². The second-order valence-corrected chi connectivity index (χ2v) is 3.14. The van der Waals surface area contributed by atoms with Crippen LogP contribution in [0.15, 0.2) is 24.4 Å². The van der Waals surface area contributed by atoms with Crippen molar-refractivity contribution in [3.63, 3.8) is 0 Å². The Labute approximate surface area is 91.9 Å². The SMILES string of the molecule is O=C(Cc1ccccn1)NC(CO)C(=O)O. The fourth-order valence-corrected chi connectivity index (χ4v) is 1.10. The molecule has 0 saturated carbocycles. The maximum atomic E-state index is 11.4. The molecule has 0 aliphatic heterocycles. The molecule has 1 atom stereocenters. The number of amides is 1. The first-order valence-corrected chi connectivity index (χ1v) is 4.66. The van der Waals surface area contributed by atoms with Gasteiger partial charge in [0.2, 0.25) is 5.91 Å². The Hall–Kier alpha value is -1.95. The van der Waals surface area contributed by atoms with E-state index in [1.807, 2.05) is 0 Å². The summed E-state index contributed by atoms with van der Waals surface area (Å²) in [6.45, 7) is -0.636. The van der Waals surface area contributed by atoms with Crippen LogP contribution >= 0.6 is 0 Å². The van der Waals surface area contributed by atoms with Crippen molar-refractivity contribution in [1.82, 2.24) is 10.3 Å². The number of carboxylic acid groups (broad SMARTS) is 1. The van der Waals surface area contributed by atoms with Crippen LogP contribution in [-0.2, 0) is 16.0 Å². The summed E-state index contributed by atoms with van der Waals surface area (Å²) in [7, 11) is 0. The zero-order valence-electron chi connectivity index (χ0n) is 8.46. The lowest BCUT2D eigenvalue weighted by atomic mass is 10.2. The van der Waals surface area contributed by atoms with Gasteiger partial charge in [0.1, 0.15) is 6.04 Å². The average Bonchev–Trinajstić information content (AvgIpc) is 2.27. The van der Waals surface area contributed by atoms with Gasteiger partial charge in [-0.15, -0.1) is 0 Å². The van der Waals surface area contributed by atoms with E-state index in [0.717, 1.165) is 0 Å². The van der Waals surface area contributed by atoms with E-state index in [1.54, 1.807) is 24.4 Å². The lowest BCUT2D eigenvalue weighted by Crippen LogP contribution is -2.44. The quantitative estimate of drug-likeness (QED) is 0.607. The van der Waals surface area contributed by atoms with Gasteiger partial charge in [0.05, 0.1) is 13.0 Å². The molecule has 1 aromatic rings. The lowest BCUT2D eigenvalue weighted by molar-refractivity contribution is -0.142. The van der Waals surface area contributed by atoms with Gasteiger partial charge in [0.25, 0.3) is 0 Å². The van der Waals surface area contributed by atoms with Crippen LogP contribution in [0.25, 0.3) is 0 Å². The summed E-state index contributed by atoms with van der Waals surface area (Å²) < 4.78 is 0. The molecule has 1 aromatic heterocycles. The van der Waals surface area contributed by atoms with Gasteiger partial charge in [0, 0.05) is 11.9 Å². The third-order valence-electron chi connectivity index (χ3n) is 1.88. The first-order chi connectivity index (χ1) is 7.63. The van der Waals surface area contributed by atoms with Crippen molar-refractivity contribution in [1.29, 1.82) is 0 Å². The van der Waals surface area contributed by atoms with Crippen molar-refractivity contribution in [2.45, 2.75) is 12.5 Å². The molecule has 0 aromatic carbocycles. The van der Waals surface area contributed by atoms with Gasteiger partial charge < -0.3 is 15.5 Å². The zero-order valence-corrected chi connectivity index (χ0v) is 8.46. The number of aliphatic carboxylic acids is 1. The zero-order chi connectivity index (χ0) is 12.0. The van der Waals surface area contributed by atoms with Gasteiger partial charge in [-0.05, 0) is 12.1 Å². The molecule has 0 fully saturated rings. The smallest absolute Gasteiger partial charge is 0.328 e. The van der Waals surface area contributed by atoms with Crippen LogP contribution in [0.5, 0.6) is 0 Å². The molecule has 1 rings (SSSR count). The highest BCUT2D eigenvalue weighted by molar-refractivity contribution is 5.84. The highest BCUT2D eigenvalue weighted by Crippen LogP contribution is 1.95. The second-order valence-electron chi connectivity index (χ2n) is 3.14. The van der Waals surface area contributed by atoms with E-state index < -0.39 is 24.5 Å². The third-order valence-corrected chi connectivity index (χ3v) is 1.88. The van der Waals surface area contributed by atoms with Crippen molar-refractivity contribution < 1.29 is 19.8 Å². The van der Waals surface area contributed by atoms with Crippen molar-refractivity contribution in [3.05, 3.63) is 30.1 Å². The van der Waals surface area contributed by atoms with E-state index in [0.29, 0.717) is 5.69 Å². The molecule has 3 N–H and O–H groups in total. The van der Waals surface area contributed by atoms with Crippen LogP contribution in [-0.4, -0.2) is 39.7 Å². The topological polar surface area (TPSA) is 99.5 Å². The molecule has 0 saturated heterocycles. The Balaban J connectivity index is 2.50. The Morgan fingerprint density at radius 2 is 2.19 bits per heavy atom. The Kier molecular flexibility index (Phi) is 4.41. The van der Waals surface area contributed by atoms with Crippen LogP contribution in [0.2, 0.25) is 0 Å². The molecular formula is C10H12N2O4. The fourth-order valence-electron chi connectivity index (χ4n) is 1.10. The number of aliphatic hydroxyl groups is 1. The van der Waals surface area contributed by atoms with Crippen LogP contribution in [0, 0.1) is 0 Å². The van der Waals surface area contributed by atoms with Crippen LogP contribution in [0.4, 0.5) is 0 Å². The fraction of sp³-hybridized carbons (Fsp3) is 0.300. The third kappa shape index (κ3) is 3.66. The summed E-state index contributed by atoms with van der Waals surface area (Å²) in [5.41, 5.74) is 0.544. The Morgan fingerprint density at radius 3 is 2.69 bits per heavy atom. The first-order valence-electron chi connectivity index (χ1n) is 4.66. The van der Waals surface area contributed by atoms with E-state index in [-0.39, 0.29) is 6.42 Å². The number of nitrogens with one attached hydrogen (secondary N) is 1. The van der Waals surface area contributed by atoms with Crippen LogP contribution in [0.3, 0.4) is 0 Å². The monoisotopic (exact) mass is 224 g/mol. The van der Waals surface area contributed by atoms with Crippen LogP contribution in [0.1, 0.15) is 5.69 Å². The van der Waals surface area contributed by atoms with Crippen LogP contribution < -0.4 is 5.32 Å². The van der Waals surface area contributed by atoms with E-state index in [9.17, 15) is 9.59 Å². The van der Waals surface area contributed by atoms with E-state index in [1.165, 1.54) is 0 Å². The number of hydrogen-bond acceptors (Lipinski definition) is 4. The maximum Gasteiger partial charge on any atom is 0.328 e. The highest BCUT2D eigenvalue weighted by atomic mass is 16.4. The number of carbonyl (C=O) groups is 2. The lowest BCUT2D eigenvalue weighted by Gasteiger charge is -2.10. The molecule has 16 heavy (non-hydrogen) atoms. The number of hydrogen-bond donors (Lipinski definition) is 3. The number of rotatable bonds is 5. The summed E-state index contributed by atoms with van der Waals surface area (Å²) in [4.78, 5) is 25.8. The molecule has 6 heteroatoms. The molecular weight excluding hydrogens is 212 g/mol. The summed E-state index contributed by atoms with van der Waals surface area (Å²) in [6.07, 6.45) is 1.54. The summed E-state index contributed by atoms with van der Waals surface area (Å²) in [5.74, 6) is -1.75. The van der Waals surface area contributed by atoms with Gasteiger partial charge >= 0.3 is 5.97 Å². The summed E-state index contributed by atoms with van der Waals surface area (Å²) in [5, 5.41) is 19.5. The Morgan fingerprint density at radius 1 is 1.44 bits per heavy atom. The molecule has 0 bridgehead atoms. The molecule has 1 amide bonds. The molecule has 0 spiro atoms. The van der Waals surface area contributed by atoms with Crippen molar-refractivity contribution in [2.75, 3.05) is 6.61 Å². The normalized spacial score (nSPS) is 11.8. The largest absolute Gasteiger partial charge is 0.480 e. The summed E-state index contributed by atoms with van der Waals surface area (Å²) >= 11 is 0. The number of aromatic nitrogens is 1. The van der Waals surface area contributed by atoms with E-state index >= 15 is 0 Å². The standard InChI is InChI=1S/C10H12N2O4/c13-6-8(10(15)16)12-9(14)5-7-3-1-2-4-11-7/h1-4,8,13H,5-6H2,(H,12,14)(H,15,16). The molecule has 0 aliphatic carbocycles. The molecule has 1 unspecified atom stereocenters. The van der Waals surface area contributed by atoms with E-state index in [4.69, 9.17) is 10.2 Å². The predicted octanol–water partition coefficient (Wildman–Crippen LogP) is -0.814. The van der Waals surface area contributed by atoms with Crippen molar-refractivity contribution in [2.24, 2.45) is 0 Å². The molecule has 0 radical (unpaired) electrons. The minimum Gasteiger partial charge on any atom is -0.480 e. The molecule has 1 heterocycles. The molecule has 0 aliphatic rings. The minimum absolute atomic E-state index is 0.00931. The molecule has 6 nitrogen and oxygen atoms in total. The maximum absolute atomic E-state index is 11.4. The van der Waals surface area contributed by atoms with Gasteiger partial charge in [-0.2, -0.15) is 0 Å². The average molecular weight is 224 g/mol. The highest BCUT2D eigenvalue weighted by Gasteiger charge is 2.18. The predicted molar refractivity (Wildman–Crippen MR) is 54.6 cm³/mol. The number of nitrogens with zero attached hydrogens (tertiary/aromatic N) is 1. The number of carboxylic acids is 1. The molecule has 86 valence electrons. The first kappa shape index (κ1) is 12.1. The summed E-state index contributed by atoms with van der Waals surface area (Å²) in [6, 6.07) is 3.84. The number of pyridine rings is 1. The van der Waals surface area contributed by atoms with Gasteiger partial charge in [0.15, 0.2) is 0 Å². The Bertz CT molecular complexity index is 366.